The molecule has 1 aliphatic heterocycles. The molecule has 1 fully saturated rings. The number of rotatable bonds is 8. The lowest BCUT2D eigenvalue weighted by Crippen LogP contribution is -2.48. The van der Waals surface area contributed by atoms with Gasteiger partial charge in [-0.2, -0.15) is 0 Å². The first kappa shape index (κ1) is 19.6. The highest BCUT2D eigenvalue weighted by Crippen LogP contribution is 2.10. The predicted molar refractivity (Wildman–Crippen MR) is 110 cm³/mol. The summed E-state index contributed by atoms with van der Waals surface area (Å²) in [6, 6.07) is 6.50. The van der Waals surface area contributed by atoms with Crippen LogP contribution < -0.4 is 10.6 Å². The molecule has 148 valence electrons. The van der Waals surface area contributed by atoms with Crippen LogP contribution in [0.5, 0.6) is 0 Å². The number of aromatic nitrogens is 3. The third kappa shape index (κ3) is 5.66. The highest BCUT2D eigenvalue weighted by molar-refractivity contribution is 5.80. The van der Waals surface area contributed by atoms with Gasteiger partial charge < -0.3 is 15.5 Å². The van der Waals surface area contributed by atoms with E-state index in [2.05, 4.69) is 44.0 Å². The Morgan fingerprint density at radius 3 is 2.85 bits per heavy atom. The van der Waals surface area contributed by atoms with Crippen molar-refractivity contribution in [2.24, 2.45) is 4.99 Å². The summed E-state index contributed by atoms with van der Waals surface area (Å²) in [5, 5.41) is 15.5. The first-order valence-electron chi connectivity index (χ1n) is 10.4. The van der Waals surface area contributed by atoms with Gasteiger partial charge in [0.1, 0.15) is 5.82 Å². The van der Waals surface area contributed by atoms with Crippen LogP contribution in [0.4, 0.5) is 0 Å². The van der Waals surface area contributed by atoms with E-state index in [-0.39, 0.29) is 0 Å². The molecule has 2 aromatic heterocycles. The largest absolute Gasteiger partial charge is 0.357 e. The molecule has 1 aliphatic rings. The number of fused-ring (bicyclic) bond motifs is 1. The number of guanidine groups is 1. The second-order valence-corrected chi connectivity index (χ2v) is 7.17. The Kier molecular flexibility index (Phi) is 7.45. The van der Waals surface area contributed by atoms with Gasteiger partial charge in [-0.05, 0) is 51.3 Å². The molecule has 3 heterocycles. The van der Waals surface area contributed by atoms with Gasteiger partial charge in [-0.3, -0.25) is 9.39 Å². The second kappa shape index (κ2) is 10.3. The molecule has 0 bridgehead atoms. The van der Waals surface area contributed by atoms with Gasteiger partial charge in [0.2, 0.25) is 0 Å². The number of piperidine rings is 1. The summed E-state index contributed by atoms with van der Waals surface area (Å²) in [6.45, 7) is 9.63. The minimum atomic E-state index is 0.524. The first-order chi connectivity index (χ1) is 13.3. The Balaban J connectivity index is 1.46. The molecule has 0 aromatic carbocycles. The molecule has 0 atom stereocenters. The number of pyridine rings is 1. The van der Waals surface area contributed by atoms with Gasteiger partial charge in [-0.1, -0.05) is 13.0 Å². The molecule has 7 nitrogen and oxygen atoms in total. The molecule has 2 N–H and O–H groups in total. The van der Waals surface area contributed by atoms with Crippen molar-refractivity contribution in [3.63, 3.8) is 0 Å². The van der Waals surface area contributed by atoms with E-state index in [4.69, 9.17) is 4.99 Å². The Bertz CT molecular complexity index is 716. The molecule has 0 aliphatic carbocycles. The maximum atomic E-state index is 4.77. The van der Waals surface area contributed by atoms with Crippen LogP contribution in [-0.4, -0.2) is 64.2 Å². The lowest BCUT2D eigenvalue weighted by Gasteiger charge is -2.32. The summed E-state index contributed by atoms with van der Waals surface area (Å²) >= 11 is 0. The monoisotopic (exact) mass is 371 g/mol. The van der Waals surface area contributed by atoms with Crippen LogP contribution in [0, 0.1) is 0 Å². The van der Waals surface area contributed by atoms with Crippen molar-refractivity contribution in [2.45, 2.75) is 52.0 Å². The fourth-order valence-corrected chi connectivity index (χ4v) is 3.62. The van der Waals surface area contributed by atoms with Gasteiger partial charge in [-0.15, -0.1) is 10.2 Å². The van der Waals surface area contributed by atoms with E-state index in [1.807, 2.05) is 24.4 Å². The van der Waals surface area contributed by atoms with Crippen LogP contribution in [0.1, 0.15) is 45.4 Å². The van der Waals surface area contributed by atoms with E-state index in [1.54, 1.807) is 0 Å². The Morgan fingerprint density at radius 2 is 2.07 bits per heavy atom. The van der Waals surface area contributed by atoms with Gasteiger partial charge in [-0.25, -0.2) is 0 Å². The van der Waals surface area contributed by atoms with E-state index in [0.29, 0.717) is 6.04 Å². The topological polar surface area (TPSA) is 69.8 Å². The zero-order valence-corrected chi connectivity index (χ0v) is 16.7. The molecule has 0 amide bonds. The number of likely N-dealkylation sites (tertiary alicyclic amines) is 1. The fraction of sp³-hybridized carbons (Fsp3) is 0.650. The minimum Gasteiger partial charge on any atom is -0.357 e. The smallest absolute Gasteiger partial charge is 0.191 e. The highest BCUT2D eigenvalue weighted by atomic mass is 15.2. The standard InChI is InChI=1S/C20H33N7/c1-3-13-26-15-10-17(11-16-26)23-20(21-4-2)22-12-7-9-19-25-24-18-8-5-6-14-27(18)19/h5-6,8,14,17H,3-4,7,9-13,15-16H2,1-2H3,(H2,21,22,23). The van der Waals surface area contributed by atoms with Gasteiger partial charge in [0.05, 0.1) is 0 Å². The van der Waals surface area contributed by atoms with Crippen molar-refractivity contribution in [1.82, 2.24) is 30.1 Å². The molecule has 0 radical (unpaired) electrons. The zero-order chi connectivity index (χ0) is 18.9. The van der Waals surface area contributed by atoms with Gasteiger partial charge in [0.15, 0.2) is 11.6 Å². The van der Waals surface area contributed by atoms with Crippen molar-refractivity contribution < 1.29 is 0 Å². The van der Waals surface area contributed by atoms with E-state index >= 15 is 0 Å². The molecule has 7 heteroatoms. The normalized spacial score (nSPS) is 16.7. The molecule has 0 unspecified atom stereocenters. The van der Waals surface area contributed by atoms with Crippen molar-refractivity contribution in [2.75, 3.05) is 32.7 Å². The Labute approximate surface area is 162 Å². The molecule has 27 heavy (non-hydrogen) atoms. The summed E-state index contributed by atoms with van der Waals surface area (Å²) in [5.41, 5.74) is 0.903. The Hall–Kier alpha value is -2.15. The van der Waals surface area contributed by atoms with Crippen molar-refractivity contribution in [3.8, 4) is 0 Å². The first-order valence-corrected chi connectivity index (χ1v) is 10.4. The molecular weight excluding hydrogens is 338 g/mol. The van der Waals surface area contributed by atoms with Crippen LogP contribution in [-0.2, 0) is 6.42 Å². The maximum Gasteiger partial charge on any atom is 0.191 e. The minimum absolute atomic E-state index is 0.524. The van der Waals surface area contributed by atoms with Crippen LogP contribution in [0.15, 0.2) is 29.4 Å². The van der Waals surface area contributed by atoms with Crippen LogP contribution in [0.3, 0.4) is 0 Å². The SMILES string of the molecule is CCCN1CCC(NC(=NCCCc2nnc3ccccn23)NCC)CC1. The number of nitrogens with zero attached hydrogens (tertiary/aromatic N) is 5. The second-order valence-electron chi connectivity index (χ2n) is 7.17. The maximum absolute atomic E-state index is 4.77. The van der Waals surface area contributed by atoms with Crippen molar-refractivity contribution in [1.29, 1.82) is 0 Å². The van der Waals surface area contributed by atoms with Crippen LogP contribution in [0.25, 0.3) is 5.65 Å². The van der Waals surface area contributed by atoms with Crippen LogP contribution >= 0.6 is 0 Å². The summed E-state index contributed by atoms with van der Waals surface area (Å²) < 4.78 is 2.05. The van der Waals surface area contributed by atoms with Crippen LogP contribution in [0.2, 0.25) is 0 Å². The van der Waals surface area contributed by atoms with Crippen molar-refractivity contribution in [3.05, 3.63) is 30.2 Å². The summed E-state index contributed by atoms with van der Waals surface area (Å²) in [7, 11) is 0. The number of nitrogens with one attached hydrogen (secondary N) is 2. The number of aliphatic imine (C=N–C) groups is 1. The van der Waals surface area contributed by atoms with E-state index < -0.39 is 0 Å². The highest BCUT2D eigenvalue weighted by Gasteiger charge is 2.19. The molecule has 0 saturated carbocycles. The zero-order valence-electron chi connectivity index (χ0n) is 16.7. The molecule has 0 spiro atoms. The molecule has 1 saturated heterocycles. The van der Waals surface area contributed by atoms with E-state index in [9.17, 15) is 0 Å². The van der Waals surface area contributed by atoms with E-state index in [0.717, 1.165) is 43.4 Å². The Morgan fingerprint density at radius 1 is 1.22 bits per heavy atom. The van der Waals surface area contributed by atoms with Gasteiger partial charge in [0.25, 0.3) is 0 Å². The fourth-order valence-electron chi connectivity index (χ4n) is 3.62. The molecular formula is C20H33N7. The number of hydrogen-bond donors (Lipinski definition) is 2. The lowest BCUT2D eigenvalue weighted by atomic mass is 10.1. The third-order valence-corrected chi connectivity index (χ3v) is 5.03. The van der Waals surface area contributed by atoms with Gasteiger partial charge >= 0.3 is 0 Å². The van der Waals surface area contributed by atoms with Crippen molar-refractivity contribution >= 4 is 11.6 Å². The molecule has 3 rings (SSSR count). The quantitative estimate of drug-likeness (QED) is 0.422. The average Bonchev–Trinajstić information content (AvgIpc) is 3.10. The van der Waals surface area contributed by atoms with E-state index in [1.165, 1.54) is 38.9 Å². The summed E-state index contributed by atoms with van der Waals surface area (Å²) in [4.78, 5) is 7.33. The predicted octanol–water partition coefficient (Wildman–Crippen LogP) is 2.09. The summed E-state index contributed by atoms with van der Waals surface area (Å²) in [5.74, 6) is 1.94. The number of aryl methyl sites for hydroxylation is 1. The number of hydrogen-bond acceptors (Lipinski definition) is 4. The lowest BCUT2D eigenvalue weighted by molar-refractivity contribution is 0.206. The molecule has 2 aromatic rings. The van der Waals surface area contributed by atoms with Gasteiger partial charge in [0, 0.05) is 44.8 Å². The average molecular weight is 372 g/mol. The third-order valence-electron chi connectivity index (χ3n) is 5.03. The summed E-state index contributed by atoms with van der Waals surface area (Å²) in [6.07, 6.45) is 7.48.